The topological polar surface area (TPSA) is 93.7 Å². The summed E-state index contributed by atoms with van der Waals surface area (Å²) in [6, 6.07) is 9.40. The van der Waals surface area contributed by atoms with Gasteiger partial charge in [0.1, 0.15) is 5.88 Å². The number of hydrogen-bond acceptors (Lipinski definition) is 6. The number of rotatable bonds is 11. The number of carbonyl (C=O) groups is 1. The number of para-hydroxylation sites is 1. The van der Waals surface area contributed by atoms with Crippen LogP contribution >= 0.6 is 0 Å². The van der Waals surface area contributed by atoms with E-state index in [0.717, 1.165) is 31.1 Å². The summed E-state index contributed by atoms with van der Waals surface area (Å²) in [4.78, 5) is 12.0. The Labute approximate surface area is 190 Å². The van der Waals surface area contributed by atoms with Gasteiger partial charge in [-0.05, 0) is 42.3 Å². The SMILES string of the molecule is CCCCOc1ccc(/C=C/C(=O)NS(=O)(=O)CNc2ccccc2C(F)(F)F)cc1OC. The third-order valence-electron chi connectivity index (χ3n) is 4.31. The standard InChI is InChI=1S/C22H25F3N2O5S/c1-3-4-13-32-19-11-9-16(14-20(19)31-2)10-12-21(28)27-33(29,30)15-26-18-8-6-5-7-17(18)22(23,24)25/h5-12,14,26H,3-4,13,15H2,1-2H3,(H,27,28)/b12-10+. The molecule has 0 radical (unpaired) electrons. The predicted octanol–water partition coefficient (Wildman–Crippen LogP) is 4.42. The first-order valence-electron chi connectivity index (χ1n) is 9.99. The Balaban J connectivity index is 1.99. The molecule has 7 nitrogen and oxygen atoms in total. The molecule has 0 bridgehead atoms. The van der Waals surface area contributed by atoms with Gasteiger partial charge in [-0.3, -0.25) is 4.79 Å². The molecule has 0 aromatic heterocycles. The fourth-order valence-electron chi connectivity index (χ4n) is 2.69. The number of carbonyl (C=O) groups excluding carboxylic acids is 1. The number of unbranched alkanes of at least 4 members (excludes halogenated alkanes) is 1. The zero-order valence-electron chi connectivity index (χ0n) is 18.1. The number of benzene rings is 2. The van der Waals surface area contributed by atoms with Crippen LogP contribution in [0.15, 0.2) is 48.5 Å². The first kappa shape index (κ1) is 26.0. The number of alkyl halides is 3. The molecule has 33 heavy (non-hydrogen) atoms. The van der Waals surface area contributed by atoms with Gasteiger partial charge in [-0.15, -0.1) is 0 Å². The minimum atomic E-state index is -4.66. The number of hydrogen-bond donors (Lipinski definition) is 2. The molecule has 0 spiro atoms. The Hall–Kier alpha value is -3.21. The highest BCUT2D eigenvalue weighted by atomic mass is 32.2. The van der Waals surface area contributed by atoms with E-state index in [4.69, 9.17) is 9.47 Å². The summed E-state index contributed by atoms with van der Waals surface area (Å²) < 4.78 is 75.9. The lowest BCUT2D eigenvalue weighted by molar-refractivity contribution is -0.137. The van der Waals surface area contributed by atoms with Crippen molar-refractivity contribution in [3.63, 3.8) is 0 Å². The zero-order chi connectivity index (χ0) is 24.5. The number of ether oxygens (including phenoxy) is 2. The fourth-order valence-corrected chi connectivity index (χ4v) is 3.48. The fraction of sp³-hybridized carbons (Fsp3) is 0.318. The molecule has 0 saturated carbocycles. The van der Waals surface area contributed by atoms with Crippen molar-refractivity contribution in [1.82, 2.24) is 4.72 Å². The molecule has 0 atom stereocenters. The molecule has 0 heterocycles. The van der Waals surface area contributed by atoms with Crippen LogP contribution in [0, 0.1) is 0 Å². The molecule has 0 aliphatic heterocycles. The van der Waals surface area contributed by atoms with Gasteiger partial charge in [0.05, 0.1) is 19.3 Å². The Morgan fingerprint density at radius 2 is 1.85 bits per heavy atom. The van der Waals surface area contributed by atoms with E-state index >= 15 is 0 Å². The van der Waals surface area contributed by atoms with Crippen LogP contribution in [0.3, 0.4) is 0 Å². The van der Waals surface area contributed by atoms with E-state index in [1.807, 2.05) is 6.92 Å². The normalized spacial score (nSPS) is 11.9. The van der Waals surface area contributed by atoms with Crippen molar-refractivity contribution in [2.24, 2.45) is 0 Å². The Morgan fingerprint density at radius 3 is 2.52 bits per heavy atom. The highest BCUT2D eigenvalue weighted by molar-refractivity contribution is 7.90. The summed E-state index contributed by atoms with van der Waals surface area (Å²) in [5, 5.41) is 2.20. The van der Waals surface area contributed by atoms with Crippen molar-refractivity contribution in [1.29, 1.82) is 0 Å². The van der Waals surface area contributed by atoms with Crippen molar-refractivity contribution in [3.05, 3.63) is 59.7 Å². The number of halogens is 3. The smallest absolute Gasteiger partial charge is 0.418 e. The van der Waals surface area contributed by atoms with Crippen molar-refractivity contribution < 1.29 is 35.9 Å². The highest BCUT2D eigenvalue weighted by Gasteiger charge is 2.33. The van der Waals surface area contributed by atoms with E-state index < -0.39 is 39.2 Å². The highest BCUT2D eigenvalue weighted by Crippen LogP contribution is 2.34. The van der Waals surface area contributed by atoms with E-state index in [0.29, 0.717) is 23.7 Å². The molecule has 11 heteroatoms. The van der Waals surface area contributed by atoms with Gasteiger partial charge in [0.25, 0.3) is 15.9 Å². The Kier molecular flexibility index (Phi) is 9.15. The number of sulfonamides is 1. The maximum absolute atomic E-state index is 13.0. The third-order valence-corrected chi connectivity index (χ3v) is 5.35. The summed E-state index contributed by atoms with van der Waals surface area (Å²) in [6.07, 6.45) is -0.429. The molecule has 2 aromatic rings. The molecule has 0 aliphatic carbocycles. The number of methoxy groups -OCH3 is 1. The van der Waals surface area contributed by atoms with E-state index in [9.17, 15) is 26.4 Å². The monoisotopic (exact) mass is 486 g/mol. The lowest BCUT2D eigenvalue weighted by Crippen LogP contribution is -2.34. The minimum Gasteiger partial charge on any atom is -0.493 e. The van der Waals surface area contributed by atoms with Crippen LogP contribution in [0.2, 0.25) is 0 Å². The molecule has 2 rings (SSSR count). The van der Waals surface area contributed by atoms with Crippen molar-refractivity contribution in [2.45, 2.75) is 25.9 Å². The van der Waals surface area contributed by atoms with E-state index in [1.54, 1.807) is 22.9 Å². The Morgan fingerprint density at radius 1 is 1.12 bits per heavy atom. The van der Waals surface area contributed by atoms with Gasteiger partial charge < -0.3 is 14.8 Å². The second kappa shape index (κ2) is 11.6. The summed E-state index contributed by atoms with van der Waals surface area (Å²) in [7, 11) is -2.78. The van der Waals surface area contributed by atoms with Gasteiger partial charge in [-0.2, -0.15) is 13.2 Å². The van der Waals surface area contributed by atoms with Crippen LogP contribution < -0.4 is 19.5 Å². The summed E-state index contributed by atoms with van der Waals surface area (Å²) in [5.41, 5.74) is -0.867. The second-order valence-electron chi connectivity index (χ2n) is 6.89. The average molecular weight is 487 g/mol. The lowest BCUT2D eigenvalue weighted by Gasteiger charge is -2.14. The number of anilines is 1. The zero-order valence-corrected chi connectivity index (χ0v) is 18.9. The van der Waals surface area contributed by atoms with Crippen LogP contribution in [0.1, 0.15) is 30.9 Å². The molecule has 0 fully saturated rings. The molecule has 180 valence electrons. The van der Waals surface area contributed by atoms with Crippen molar-refractivity contribution in [2.75, 3.05) is 24.9 Å². The summed E-state index contributed by atoms with van der Waals surface area (Å²) in [5.74, 6) is -0.880. The van der Waals surface area contributed by atoms with Crippen LogP contribution in [0.25, 0.3) is 6.08 Å². The van der Waals surface area contributed by atoms with Gasteiger partial charge in [0.15, 0.2) is 11.5 Å². The van der Waals surface area contributed by atoms with E-state index in [2.05, 4.69) is 5.32 Å². The largest absolute Gasteiger partial charge is 0.493 e. The first-order chi connectivity index (χ1) is 15.6. The van der Waals surface area contributed by atoms with Gasteiger partial charge in [0, 0.05) is 11.8 Å². The molecule has 0 saturated heterocycles. The average Bonchev–Trinajstić information content (AvgIpc) is 2.76. The van der Waals surface area contributed by atoms with Crippen LogP contribution in [-0.2, 0) is 21.0 Å². The van der Waals surface area contributed by atoms with Crippen LogP contribution in [-0.4, -0.2) is 33.9 Å². The predicted molar refractivity (Wildman–Crippen MR) is 119 cm³/mol. The van der Waals surface area contributed by atoms with Crippen molar-refractivity contribution in [3.8, 4) is 11.5 Å². The molecule has 0 unspecified atom stereocenters. The summed E-state index contributed by atoms with van der Waals surface area (Å²) in [6.45, 7) is 2.57. The van der Waals surface area contributed by atoms with Gasteiger partial charge in [-0.1, -0.05) is 31.5 Å². The molecule has 2 aromatic carbocycles. The van der Waals surface area contributed by atoms with Gasteiger partial charge in [0.2, 0.25) is 0 Å². The maximum atomic E-state index is 13.0. The maximum Gasteiger partial charge on any atom is 0.418 e. The quantitative estimate of drug-likeness (QED) is 0.361. The molecule has 2 N–H and O–H groups in total. The second-order valence-corrected chi connectivity index (χ2v) is 8.61. The molecular weight excluding hydrogens is 461 g/mol. The molecule has 0 aliphatic rings. The number of amides is 1. The van der Waals surface area contributed by atoms with Crippen molar-refractivity contribution >= 4 is 27.7 Å². The van der Waals surface area contributed by atoms with Gasteiger partial charge in [-0.25, -0.2) is 13.1 Å². The van der Waals surface area contributed by atoms with Crippen LogP contribution in [0.4, 0.5) is 18.9 Å². The Bertz CT molecular complexity index is 1090. The molecular formula is C22H25F3N2O5S. The first-order valence-corrected chi connectivity index (χ1v) is 11.6. The van der Waals surface area contributed by atoms with Crippen LogP contribution in [0.5, 0.6) is 11.5 Å². The van der Waals surface area contributed by atoms with E-state index in [1.165, 1.54) is 25.3 Å². The minimum absolute atomic E-state index is 0.410. The van der Waals surface area contributed by atoms with Gasteiger partial charge >= 0.3 is 6.18 Å². The third kappa shape index (κ3) is 8.33. The van der Waals surface area contributed by atoms with E-state index in [-0.39, 0.29) is 0 Å². The number of nitrogens with one attached hydrogen (secondary N) is 2. The summed E-state index contributed by atoms with van der Waals surface area (Å²) >= 11 is 0. The molecule has 1 amide bonds. The lowest BCUT2D eigenvalue weighted by atomic mass is 10.2.